The maximum absolute atomic E-state index is 12.1. The van der Waals surface area contributed by atoms with Crippen LogP contribution in [0.4, 0.5) is 0 Å². The number of hydrogen-bond acceptors (Lipinski definition) is 5. The maximum atomic E-state index is 12.1. The molecule has 0 fully saturated rings. The Bertz CT molecular complexity index is 648. The third-order valence-electron chi connectivity index (χ3n) is 3.13. The van der Waals surface area contributed by atoms with E-state index in [1.165, 1.54) is 29.6 Å². The van der Waals surface area contributed by atoms with Crippen LogP contribution >= 0.6 is 22.7 Å². The zero-order valence-electron chi connectivity index (χ0n) is 12.4. The van der Waals surface area contributed by atoms with Crippen LogP contribution in [0, 0.1) is 0 Å². The monoisotopic (exact) mass is 338 g/mol. The van der Waals surface area contributed by atoms with Gasteiger partial charge in [0.2, 0.25) is 5.91 Å². The molecule has 0 bridgehead atoms. The molecule has 3 N–H and O–H groups in total. The molecule has 0 aliphatic heterocycles. The molecule has 1 atom stereocenters. The topological polar surface area (TPSA) is 78.4 Å². The van der Waals surface area contributed by atoms with Crippen LogP contribution in [0.1, 0.15) is 34.0 Å². The molecular formula is C15H18N2O3S2. The van der Waals surface area contributed by atoms with Gasteiger partial charge in [0.05, 0.1) is 18.0 Å². The summed E-state index contributed by atoms with van der Waals surface area (Å²) in [5.41, 5.74) is -0.304. The van der Waals surface area contributed by atoms with Crippen LogP contribution in [0.3, 0.4) is 0 Å². The molecule has 2 heterocycles. The molecular weight excluding hydrogens is 320 g/mol. The Kier molecular flexibility index (Phi) is 5.33. The number of rotatable bonds is 6. The first-order valence-electron chi connectivity index (χ1n) is 6.75. The summed E-state index contributed by atoms with van der Waals surface area (Å²) in [6.07, 6.45) is 0. The molecule has 0 aromatic carbocycles. The zero-order chi connectivity index (χ0) is 16.2. The molecule has 7 heteroatoms. The quantitative estimate of drug-likeness (QED) is 0.754. The van der Waals surface area contributed by atoms with E-state index in [1.807, 2.05) is 22.9 Å². The Morgan fingerprint density at radius 1 is 1.27 bits per heavy atom. The van der Waals surface area contributed by atoms with Gasteiger partial charge >= 0.3 is 0 Å². The van der Waals surface area contributed by atoms with Crippen LogP contribution < -0.4 is 10.6 Å². The van der Waals surface area contributed by atoms with Crippen LogP contribution in [0.25, 0.3) is 0 Å². The van der Waals surface area contributed by atoms with E-state index >= 15 is 0 Å². The van der Waals surface area contributed by atoms with Crippen molar-refractivity contribution in [3.63, 3.8) is 0 Å². The second-order valence-corrected chi connectivity index (χ2v) is 7.09. The molecule has 5 nitrogen and oxygen atoms in total. The number of hydrogen-bond donors (Lipinski definition) is 3. The molecule has 2 aromatic heterocycles. The van der Waals surface area contributed by atoms with E-state index in [-0.39, 0.29) is 18.4 Å². The summed E-state index contributed by atoms with van der Waals surface area (Å²) < 4.78 is 0. The lowest BCUT2D eigenvalue weighted by atomic mass is 9.99. The van der Waals surface area contributed by atoms with E-state index in [1.54, 1.807) is 13.0 Å². The second kappa shape index (κ2) is 7.04. The number of thiophene rings is 2. The minimum Gasteiger partial charge on any atom is -0.384 e. The smallest absolute Gasteiger partial charge is 0.261 e. The molecule has 2 aromatic rings. The number of carbonyl (C=O) groups is 2. The molecule has 118 valence electrons. The predicted octanol–water partition coefficient (Wildman–Crippen LogP) is 2.08. The van der Waals surface area contributed by atoms with Gasteiger partial charge in [0, 0.05) is 11.8 Å². The third-order valence-corrected chi connectivity index (χ3v) is 4.90. The summed E-state index contributed by atoms with van der Waals surface area (Å²) in [6.45, 7) is 3.68. The second-order valence-electron chi connectivity index (χ2n) is 5.14. The number of amides is 2. The Morgan fingerprint density at radius 3 is 2.68 bits per heavy atom. The van der Waals surface area contributed by atoms with Crippen LogP contribution in [0.5, 0.6) is 0 Å². The zero-order valence-corrected chi connectivity index (χ0v) is 14.0. The van der Waals surface area contributed by atoms with E-state index in [0.29, 0.717) is 11.4 Å². The van der Waals surface area contributed by atoms with Crippen molar-refractivity contribution >= 4 is 34.5 Å². The van der Waals surface area contributed by atoms with Crippen LogP contribution in [-0.2, 0) is 16.9 Å². The lowest BCUT2D eigenvalue weighted by Gasteiger charge is -2.22. The van der Waals surface area contributed by atoms with Crippen molar-refractivity contribution in [2.75, 3.05) is 6.54 Å². The fourth-order valence-corrected chi connectivity index (χ4v) is 3.47. The first kappa shape index (κ1) is 16.7. The standard InChI is InChI=1S/C15H18N2O3S2/c1-10(18)16-7-12-3-4-13(22-12)14(19)17-9-15(2,20)11-5-6-21-8-11/h3-6,8,20H,7,9H2,1-2H3,(H,16,18)(H,17,19). The third kappa shape index (κ3) is 4.40. The highest BCUT2D eigenvalue weighted by molar-refractivity contribution is 7.14. The summed E-state index contributed by atoms with van der Waals surface area (Å²) >= 11 is 2.83. The predicted molar refractivity (Wildman–Crippen MR) is 88.1 cm³/mol. The average molecular weight is 338 g/mol. The van der Waals surface area contributed by atoms with Gasteiger partial charge in [-0.3, -0.25) is 9.59 Å². The normalized spacial score (nSPS) is 13.4. The van der Waals surface area contributed by atoms with Gasteiger partial charge in [-0.1, -0.05) is 0 Å². The lowest BCUT2D eigenvalue weighted by Crippen LogP contribution is -2.38. The highest BCUT2D eigenvalue weighted by Gasteiger charge is 2.24. The molecule has 2 amide bonds. The molecule has 22 heavy (non-hydrogen) atoms. The van der Waals surface area contributed by atoms with Crippen LogP contribution in [0.2, 0.25) is 0 Å². The maximum Gasteiger partial charge on any atom is 0.261 e. The van der Waals surface area contributed by atoms with Crippen molar-refractivity contribution in [1.29, 1.82) is 0 Å². The van der Waals surface area contributed by atoms with E-state index in [2.05, 4.69) is 10.6 Å². The molecule has 0 aliphatic carbocycles. The highest BCUT2D eigenvalue weighted by atomic mass is 32.1. The van der Waals surface area contributed by atoms with E-state index in [9.17, 15) is 14.7 Å². The fourth-order valence-electron chi connectivity index (χ4n) is 1.82. The number of nitrogens with one attached hydrogen (secondary N) is 2. The van der Waals surface area contributed by atoms with Gasteiger partial charge in [0.25, 0.3) is 5.91 Å². The number of aliphatic hydroxyl groups is 1. The largest absolute Gasteiger partial charge is 0.384 e. The fraction of sp³-hybridized carbons (Fsp3) is 0.333. The molecule has 0 saturated carbocycles. The minimum atomic E-state index is -1.09. The van der Waals surface area contributed by atoms with E-state index in [4.69, 9.17) is 0 Å². The summed E-state index contributed by atoms with van der Waals surface area (Å²) in [5.74, 6) is -0.333. The average Bonchev–Trinajstić information content (AvgIpc) is 3.13. The molecule has 0 aliphatic rings. The van der Waals surface area contributed by atoms with Gasteiger partial charge in [-0.2, -0.15) is 11.3 Å². The Hall–Kier alpha value is -1.70. The van der Waals surface area contributed by atoms with Crippen molar-refractivity contribution < 1.29 is 14.7 Å². The summed E-state index contributed by atoms with van der Waals surface area (Å²) in [4.78, 5) is 24.5. The van der Waals surface area contributed by atoms with Crippen molar-refractivity contribution in [3.05, 3.63) is 44.3 Å². The Morgan fingerprint density at radius 2 is 2.05 bits per heavy atom. The summed E-state index contributed by atoms with van der Waals surface area (Å²) in [6, 6.07) is 5.37. The van der Waals surface area contributed by atoms with Crippen molar-refractivity contribution in [2.24, 2.45) is 0 Å². The molecule has 0 saturated heterocycles. The SMILES string of the molecule is CC(=O)NCc1ccc(C(=O)NCC(C)(O)c2ccsc2)s1. The molecule has 0 spiro atoms. The highest BCUT2D eigenvalue weighted by Crippen LogP contribution is 2.22. The Labute approximate surface area is 137 Å². The van der Waals surface area contributed by atoms with Crippen molar-refractivity contribution in [1.82, 2.24) is 10.6 Å². The molecule has 1 unspecified atom stereocenters. The van der Waals surface area contributed by atoms with Crippen LogP contribution in [0.15, 0.2) is 29.0 Å². The number of carbonyl (C=O) groups excluding carboxylic acids is 2. The minimum absolute atomic E-state index is 0.105. The van der Waals surface area contributed by atoms with Gasteiger partial charge < -0.3 is 15.7 Å². The lowest BCUT2D eigenvalue weighted by molar-refractivity contribution is -0.119. The van der Waals surface area contributed by atoms with Gasteiger partial charge in [-0.05, 0) is 41.4 Å². The van der Waals surface area contributed by atoms with Gasteiger partial charge in [0.15, 0.2) is 0 Å². The van der Waals surface area contributed by atoms with Gasteiger partial charge in [-0.25, -0.2) is 0 Å². The van der Waals surface area contributed by atoms with Gasteiger partial charge in [-0.15, -0.1) is 11.3 Å². The Balaban J connectivity index is 1.91. The summed E-state index contributed by atoms with van der Waals surface area (Å²) in [5, 5.41) is 19.6. The molecule has 2 rings (SSSR count). The van der Waals surface area contributed by atoms with Crippen molar-refractivity contribution in [3.8, 4) is 0 Å². The van der Waals surface area contributed by atoms with E-state index in [0.717, 1.165) is 10.4 Å². The summed E-state index contributed by atoms with van der Waals surface area (Å²) in [7, 11) is 0. The van der Waals surface area contributed by atoms with Crippen molar-refractivity contribution in [2.45, 2.75) is 26.0 Å². The first-order valence-corrected chi connectivity index (χ1v) is 8.51. The van der Waals surface area contributed by atoms with E-state index < -0.39 is 5.60 Å². The molecule has 0 radical (unpaired) electrons. The first-order chi connectivity index (χ1) is 10.4. The van der Waals surface area contributed by atoms with Gasteiger partial charge in [0.1, 0.15) is 5.60 Å². The van der Waals surface area contributed by atoms with Crippen LogP contribution in [-0.4, -0.2) is 23.5 Å².